The Morgan fingerprint density at radius 2 is 1.87 bits per heavy atom. The van der Waals surface area contributed by atoms with Crippen LogP contribution in [0.4, 0.5) is 11.4 Å². The van der Waals surface area contributed by atoms with Crippen molar-refractivity contribution in [3.8, 4) is 0 Å². The lowest BCUT2D eigenvalue weighted by Gasteiger charge is -2.06. The predicted octanol–water partition coefficient (Wildman–Crippen LogP) is 4.86. The first kappa shape index (κ1) is 17.0. The molecule has 1 N–H and O–H groups in total. The van der Waals surface area contributed by atoms with Gasteiger partial charge in [-0.15, -0.1) is 0 Å². The topological polar surface area (TPSA) is 72.2 Å². The first-order valence-corrected chi connectivity index (χ1v) is 7.32. The molecule has 0 saturated carbocycles. The minimum Gasteiger partial charge on any atom is -0.322 e. The van der Waals surface area contributed by atoms with E-state index >= 15 is 0 Å². The summed E-state index contributed by atoms with van der Waals surface area (Å²) in [7, 11) is 0. The molecule has 0 saturated heterocycles. The third-order valence-electron chi connectivity index (χ3n) is 3.08. The fourth-order valence-electron chi connectivity index (χ4n) is 1.91. The molecule has 0 aromatic heterocycles. The summed E-state index contributed by atoms with van der Waals surface area (Å²) in [5, 5.41) is 14.2. The molecule has 118 valence electrons. The molecule has 0 aliphatic rings. The summed E-state index contributed by atoms with van der Waals surface area (Å²) >= 11 is 12.0. The first-order valence-electron chi connectivity index (χ1n) is 6.56. The van der Waals surface area contributed by atoms with Crippen molar-refractivity contribution in [2.24, 2.45) is 0 Å². The van der Waals surface area contributed by atoms with Gasteiger partial charge < -0.3 is 5.32 Å². The van der Waals surface area contributed by atoms with Crippen LogP contribution in [-0.4, -0.2) is 10.8 Å². The highest BCUT2D eigenvalue weighted by molar-refractivity contribution is 6.37. The zero-order chi connectivity index (χ0) is 17.0. The fourth-order valence-corrected chi connectivity index (χ4v) is 2.43. The summed E-state index contributed by atoms with van der Waals surface area (Å²) in [5.74, 6) is -0.391. The van der Waals surface area contributed by atoms with Gasteiger partial charge in [0.1, 0.15) is 0 Å². The maximum atomic E-state index is 12.0. The highest BCUT2D eigenvalue weighted by Crippen LogP contribution is 2.25. The first-order chi connectivity index (χ1) is 10.9. The number of hydrogen-bond donors (Lipinski definition) is 1. The third kappa shape index (κ3) is 4.31. The number of anilines is 1. The number of nitrogens with zero attached hydrogens (tertiary/aromatic N) is 1. The van der Waals surface area contributed by atoms with E-state index in [0.29, 0.717) is 26.9 Å². The number of halogens is 2. The van der Waals surface area contributed by atoms with Crippen LogP contribution < -0.4 is 5.32 Å². The van der Waals surface area contributed by atoms with Gasteiger partial charge >= 0.3 is 0 Å². The number of carbonyl (C=O) groups is 1. The Bertz CT molecular complexity index is 784. The molecule has 0 aliphatic carbocycles. The summed E-state index contributed by atoms with van der Waals surface area (Å²) in [6.45, 7) is 1.68. The Morgan fingerprint density at radius 1 is 1.22 bits per heavy atom. The predicted molar refractivity (Wildman–Crippen MR) is 92.0 cm³/mol. The van der Waals surface area contributed by atoms with Crippen LogP contribution >= 0.6 is 23.2 Å². The van der Waals surface area contributed by atoms with Crippen LogP contribution in [0.3, 0.4) is 0 Å². The van der Waals surface area contributed by atoms with Crippen molar-refractivity contribution >= 4 is 46.6 Å². The second kappa shape index (κ2) is 7.26. The number of benzene rings is 2. The molecule has 2 aromatic carbocycles. The number of nitro benzene ring substituents is 1. The number of amides is 1. The van der Waals surface area contributed by atoms with Crippen LogP contribution in [0.15, 0.2) is 42.5 Å². The van der Waals surface area contributed by atoms with Crippen LogP contribution in [-0.2, 0) is 4.79 Å². The molecule has 0 aliphatic heterocycles. The van der Waals surface area contributed by atoms with E-state index in [1.165, 1.54) is 30.4 Å². The van der Waals surface area contributed by atoms with Gasteiger partial charge in [-0.3, -0.25) is 14.9 Å². The van der Waals surface area contributed by atoms with Gasteiger partial charge in [-0.2, -0.15) is 0 Å². The second-order valence-electron chi connectivity index (χ2n) is 4.71. The maximum Gasteiger partial charge on any atom is 0.269 e. The molecule has 0 fully saturated rings. The summed E-state index contributed by atoms with van der Waals surface area (Å²) in [6, 6.07) is 9.27. The lowest BCUT2D eigenvalue weighted by Crippen LogP contribution is -2.09. The molecule has 0 heterocycles. The van der Waals surface area contributed by atoms with Crippen molar-refractivity contribution < 1.29 is 9.72 Å². The van der Waals surface area contributed by atoms with E-state index in [0.717, 1.165) is 0 Å². The van der Waals surface area contributed by atoms with Crippen LogP contribution in [0.5, 0.6) is 0 Å². The molecule has 0 bridgehead atoms. The number of non-ortho nitro benzene ring substituents is 1. The molecule has 0 radical (unpaired) electrons. The Morgan fingerprint density at radius 3 is 2.43 bits per heavy atom. The van der Waals surface area contributed by atoms with Crippen LogP contribution in [0.25, 0.3) is 6.08 Å². The smallest absolute Gasteiger partial charge is 0.269 e. The van der Waals surface area contributed by atoms with Gasteiger partial charge in [0.25, 0.3) is 5.69 Å². The maximum absolute atomic E-state index is 12.0. The Kier molecular flexibility index (Phi) is 5.36. The lowest BCUT2D eigenvalue weighted by atomic mass is 10.1. The minimum absolute atomic E-state index is 0.0288. The Labute approximate surface area is 142 Å². The van der Waals surface area contributed by atoms with Crippen LogP contribution in [0.1, 0.15) is 11.1 Å². The summed E-state index contributed by atoms with van der Waals surface area (Å²) in [6.07, 6.45) is 2.81. The number of nitrogens with one attached hydrogen (secondary N) is 1. The van der Waals surface area contributed by atoms with Gasteiger partial charge in [0.2, 0.25) is 5.91 Å². The number of carbonyl (C=O) groups excluding carboxylic acids is 1. The number of nitro groups is 1. The van der Waals surface area contributed by atoms with E-state index < -0.39 is 10.8 Å². The van der Waals surface area contributed by atoms with E-state index in [1.54, 1.807) is 25.1 Å². The molecular formula is C16H12Cl2N2O3. The molecule has 1 amide bonds. The highest BCUT2D eigenvalue weighted by atomic mass is 35.5. The molecule has 5 nitrogen and oxygen atoms in total. The highest BCUT2D eigenvalue weighted by Gasteiger charge is 2.09. The SMILES string of the molecule is Cc1cc([N+](=O)[O-])ccc1NC(=O)C=Cc1c(Cl)cccc1Cl. The van der Waals surface area contributed by atoms with E-state index in [-0.39, 0.29) is 5.69 Å². The zero-order valence-electron chi connectivity index (χ0n) is 12.0. The van der Waals surface area contributed by atoms with E-state index in [2.05, 4.69) is 5.32 Å². The van der Waals surface area contributed by atoms with Crippen molar-refractivity contribution in [3.05, 3.63) is 73.8 Å². The van der Waals surface area contributed by atoms with Crippen molar-refractivity contribution in [2.75, 3.05) is 5.32 Å². The van der Waals surface area contributed by atoms with Gasteiger partial charge in [0.05, 0.1) is 4.92 Å². The van der Waals surface area contributed by atoms with Crippen molar-refractivity contribution in [2.45, 2.75) is 6.92 Å². The molecule has 0 unspecified atom stereocenters. The van der Waals surface area contributed by atoms with E-state index in [4.69, 9.17) is 23.2 Å². The lowest BCUT2D eigenvalue weighted by molar-refractivity contribution is -0.384. The Balaban J connectivity index is 2.14. The fraction of sp³-hybridized carbons (Fsp3) is 0.0625. The molecule has 0 spiro atoms. The quantitative estimate of drug-likeness (QED) is 0.486. The minimum atomic E-state index is -0.488. The second-order valence-corrected chi connectivity index (χ2v) is 5.53. The van der Waals surface area contributed by atoms with Crippen LogP contribution in [0, 0.1) is 17.0 Å². The molecule has 2 aromatic rings. The average molecular weight is 351 g/mol. The number of hydrogen-bond acceptors (Lipinski definition) is 3. The third-order valence-corrected chi connectivity index (χ3v) is 3.74. The van der Waals surface area contributed by atoms with Crippen LogP contribution in [0.2, 0.25) is 10.0 Å². The number of rotatable bonds is 4. The summed E-state index contributed by atoms with van der Waals surface area (Å²) < 4.78 is 0. The average Bonchev–Trinajstić information content (AvgIpc) is 2.48. The van der Waals surface area contributed by atoms with Crippen molar-refractivity contribution in [3.63, 3.8) is 0 Å². The standard InChI is InChI=1S/C16H12Cl2N2O3/c1-10-9-11(20(22)23)5-7-15(10)19-16(21)8-6-12-13(17)3-2-4-14(12)18/h2-9H,1H3,(H,19,21). The summed E-state index contributed by atoms with van der Waals surface area (Å²) in [5.41, 5.74) is 1.61. The van der Waals surface area contributed by atoms with Crippen molar-refractivity contribution in [1.29, 1.82) is 0 Å². The molecule has 2 rings (SSSR count). The monoisotopic (exact) mass is 350 g/mol. The molecule has 7 heteroatoms. The van der Waals surface area contributed by atoms with Gasteiger partial charge in [0.15, 0.2) is 0 Å². The van der Waals surface area contributed by atoms with Gasteiger partial charge in [-0.05, 0) is 36.8 Å². The summed E-state index contributed by atoms with van der Waals surface area (Å²) in [4.78, 5) is 22.2. The normalized spacial score (nSPS) is 10.7. The van der Waals surface area contributed by atoms with E-state index in [1.807, 2.05) is 0 Å². The van der Waals surface area contributed by atoms with E-state index in [9.17, 15) is 14.9 Å². The zero-order valence-corrected chi connectivity index (χ0v) is 13.6. The molecular weight excluding hydrogens is 339 g/mol. The molecule has 0 atom stereocenters. The largest absolute Gasteiger partial charge is 0.322 e. The number of aryl methyl sites for hydroxylation is 1. The van der Waals surface area contributed by atoms with Crippen molar-refractivity contribution in [1.82, 2.24) is 0 Å². The van der Waals surface area contributed by atoms with Gasteiger partial charge in [0, 0.05) is 39.5 Å². The Hall–Kier alpha value is -2.37. The van der Waals surface area contributed by atoms with Gasteiger partial charge in [-0.1, -0.05) is 29.3 Å². The molecule has 23 heavy (non-hydrogen) atoms. The van der Waals surface area contributed by atoms with Gasteiger partial charge in [-0.25, -0.2) is 0 Å².